The van der Waals surface area contributed by atoms with Crippen molar-refractivity contribution in [3.63, 3.8) is 0 Å². The summed E-state index contributed by atoms with van der Waals surface area (Å²) >= 11 is 0. The van der Waals surface area contributed by atoms with Crippen molar-refractivity contribution in [2.45, 2.75) is 26.7 Å². The molecule has 1 fully saturated rings. The highest BCUT2D eigenvalue weighted by Crippen LogP contribution is 2.26. The smallest absolute Gasteiger partial charge is 0.234 e. The first-order valence-electron chi connectivity index (χ1n) is 7.14. The number of nitrogens with zero attached hydrogens (tertiary/aromatic N) is 3. The van der Waals surface area contributed by atoms with E-state index in [2.05, 4.69) is 28.7 Å². The van der Waals surface area contributed by atoms with Crippen molar-refractivity contribution in [1.29, 1.82) is 0 Å². The summed E-state index contributed by atoms with van der Waals surface area (Å²) in [4.78, 5) is 11.0. The topological polar surface area (TPSA) is 64.3 Å². The van der Waals surface area contributed by atoms with Gasteiger partial charge < -0.3 is 15.4 Å². The summed E-state index contributed by atoms with van der Waals surface area (Å²) in [5.41, 5.74) is 5.84. The van der Waals surface area contributed by atoms with E-state index in [9.17, 15) is 0 Å². The zero-order valence-electron chi connectivity index (χ0n) is 11.9. The Labute approximate surface area is 115 Å². The summed E-state index contributed by atoms with van der Waals surface area (Å²) in [6.07, 6.45) is 5.61. The molecule has 0 bridgehead atoms. The molecule has 2 atom stereocenters. The fourth-order valence-electron chi connectivity index (χ4n) is 2.43. The molecule has 0 spiro atoms. The van der Waals surface area contributed by atoms with Crippen molar-refractivity contribution in [2.75, 3.05) is 31.1 Å². The zero-order chi connectivity index (χ0) is 13.7. The standard InChI is InChI=1S/C14H24N4O/c1-3-6-19-14-9-16-8-13(17-14)18-5-4-11(2)12(7-15)10-18/h8-9,11-12H,3-7,10,15H2,1-2H3. The van der Waals surface area contributed by atoms with Crippen LogP contribution in [-0.4, -0.2) is 36.2 Å². The Morgan fingerprint density at radius 3 is 3.05 bits per heavy atom. The van der Waals surface area contributed by atoms with Gasteiger partial charge in [0.15, 0.2) is 5.82 Å². The summed E-state index contributed by atoms with van der Waals surface area (Å²) in [6, 6.07) is 0. The van der Waals surface area contributed by atoms with E-state index in [1.54, 1.807) is 6.20 Å². The van der Waals surface area contributed by atoms with Crippen LogP contribution >= 0.6 is 0 Å². The lowest BCUT2D eigenvalue weighted by Gasteiger charge is -2.37. The van der Waals surface area contributed by atoms with E-state index in [1.807, 2.05) is 6.20 Å². The van der Waals surface area contributed by atoms with Gasteiger partial charge in [-0.05, 0) is 31.2 Å². The first-order chi connectivity index (χ1) is 9.24. The van der Waals surface area contributed by atoms with Crippen LogP contribution in [0.25, 0.3) is 0 Å². The lowest BCUT2D eigenvalue weighted by atomic mass is 9.87. The molecule has 5 heteroatoms. The molecule has 19 heavy (non-hydrogen) atoms. The highest BCUT2D eigenvalue weighted by molar-refractivity contribution is 5.38. The molecule has 5 nitrogen and oxygen atoms in total. The third-order valence-electron chi connectivity index (χ3n) is 3.79. The van der Waals surface area contributed by atoms with Gasteiger partial charge in [0.25, 0.3) is 0 Å². The van der Waals surface area contributed by atoms with Gasteiger partial charge in [-0.3, -0.25) is 4.98 Å². The molecular formula is C14H24N4O. The SMILES string of the molecule is CCCOc1cncc(N2CCC(C)C(CN)C2)n1. The minimum Gasteiger partial charge on any atom is -0.477 e. The molecule has 0 amide bonds. The molecule has 1 saturated heterocycles. The van der Waals surface area contributed by atoms with E-state index in [0.29, 0.717) is 24.3 Å². The molecule has 1 aromatic rings. The summed E-state index contributed by atoms with van der Waals surface area (Å²) in [7, 11) is 0. The number of piperidine rings is 1. The number of anilines is 1. The monoisotopic (exact) mass is 264 g/mol. The summed E-state index contributed by atoms with van der Waals surface area (Å²) in [5.74, 6) is 2.74. The number of ether oxygens (including phenoxy) is 1. The van der Waals surface area contributed by atoms with Gasteiger partial charge in [0.2, 0.25) is 5.88 Å². The summed E-state index contributed by atoms with van der Waals surface area (Å²) in [5, 5.41) is 0. The molecule has 1 aliphatic heterocycles. The van der Waals surface area contributed by atoms with Gasteiger partial charge >= 0.3 is 0 Å². The van der Waals surface area contributed by atoms with Crippen LogP contribution in [0.3, 0.4) is 0 Å². The normalized spacial score (nSPS) is 23.4. The van der Waals surface area contributed by atoms with Crippen molar-refractivity contribution in [3.8, 4) is 5.88 Å². The van der Waals surface area contributed by atoms with Gasteiger partial charge in [-0.25, -0.2) is 0 Å². The molecule has 0 aromatic carbocycles. The minimum atomic E-state index is 0.538. The fourth-order valence-corrected chi connectivity index (χ4v) is 2.43. The van der Waals surface area contributed by atoms with Crippen LogP contribution in [0.15, 0.2) is 12.4 Å². The Hall–Kier alpha value is -1.36. The average molecular weight is 264 g/mol. The molecule has 2 heterocycles. The second-order valence-corrected chi connectivity index (χ2v) is 5.27. The molecule has 0 saturated carbocycles. The van der Waals surface area contributed by atoms with Crippen LogP contribution in [0, 0.1) is 11.8 Å². The highest BCUT2D eigenvalue weighted by Gasteiger charge is 2.26. The van der Waals surface area contributed by atoms with Crippen molar-refractivity contribution < 1.29 is 4.74 Å². The molecule has 1 aromatic heterocycles. The molecule has 0 aliphatic carbocycles. The second kappa shape index (κ2) is 6.70. The summed E-state index contributed by atoms with van der Waals surface area (Å²) in [6.45, 7) is 7.75. The quantitative estimate of drug-likeness (QED) is 0.876. The lowest BCUT2D eigenvalue weighted by Crippen LogP contribution is -2.43. The Bertz CT molecular complexity index is 399. The van der Waals surface area contributed by atoms with Gasteiger partial charge in [0.05, 0.1) is 19.0 Å². The van der Waals surface area contributed by atoms with E-state index in [1.165, 1.54) is 0 Å². The van der Waals surface area contributed by atoms with Crippen LogP contribution in [-0.2, 0) is 0 Å². The van der Waals surface area contributed by atoms with Crippen LogP contribution in [0.4, 0.5) is 5.82 Å². The van der Waals surface area contributed by atoms with E-state index < -0.39 is 0 Å². The third kappa shape index (κ3) is 3.56. The maximum Gasteiger partial charge on any atom is 0.234 e. The van der Waals surface area contributed by atoms with Crippen LogP contribution in [0.1, 0.15) is 26.7 Å². The van der Waals surface area contributed by atoms with Crippen molar-refractivity contribution >= 4 is 5.82 Å². The first kappa shape index (κ1) is 14.1. The Kier molecular flexibility index (Phi) is 4.96. The van der Waals surface area contributed by atoms with Crippen LogP contribution < -0.4 is 15.4 Å². The van der Waals surface area contributed by atoms with Gasteiger partial charge in [-0.15, -0.1) is 0 Å². The Balaban J connectivity index is 2.04. The zero-order valence-corrected chi connectivity index (χ0v) is 11.9. The maximum atomic E-state index is 5.84. The van der Waals surface area contributed by atoms with Crippen molar-refractivity contribution in [2.24, 2.45) is 17.6 Å². The highest BCUT2D eigenvalue weighted by atomic mass is 16.5. The number of rotatable bonds is 5. The van der Waals surface area contributed by atoms with Crippen LogP contribution in [0.5, 0.6) is 5.88 Å². The number of aromatic nitrogens is 2. The van der Waals surface area contributed by atoms with E-state index in [4.69, 9.17) is 10.5 Å². The average Bonchev–Trinajstić information content (AvgIpc) is 2.46. The van der Waals surface area contributed by atoms with Gasteiger partial charge in [0, 0.05) is 13.1 Å². The Morgan fingerprint density at radius 1 is 1.47 bits per heavy atom. The second-order valence-electron chi connectivity index (χ2n) is 5.27. The van der Waals surface area contributed by atoms with Gasteiger partial charge in [-0.1, -0.05) is 13.8 Å². The van der Waals surface area contributed by atoms with Crippen molar-refractivity contribution in [1.82, 2.24) is 9.97 Å². The maximum absolute atomic E-state index is 5.84. The molecule has 1 aliphatic rings. The predicted octanol–water partition coefficient (Wildman–Crippen LogP) is 1.69. The number of hydrogen-bond donors (Lipinski definition) is 1. The van der Waals surface area contributed by atoms with Gasteiger partial charge in [-0.2, -0.15) is 4.98 Å². The number of hydrogen-bond acceptors (Lipinski definition) is 5. The Morgan fingerprint density at radius 2 is 2.32 bits per heavy atom. The van der Waals surface area contributed by atoms with Crippen LogP contribution in [0.2, 0.25) is 0 Å². The molecular weight excluding hydrogens is 240 g/mol. The lowest BCUT2D eigenvalue weighted by molar-refractivity contribution is 0.297. The van der Waals surface area contributed by atoms with Gasteiger partial charge in [0.1, 0.15) is 0 Å². The molecule has 2 unspecified atom stereocenters. The molecule has 106 valence electrons. The van der Waals surface area contributed by atoms with Crippen molar-refractivity contribution in [3.05, 3.63) is 12.4 Å². The summed E-state index contributed by atoms with van der Waals surface area (Å²) < 4.78 is 5.54. The van der Waals surface area contributed by atoms with E-state index in [0.717, 1.165) is 38.3 Å². The third-order valence-corrected chi connectivity index (χ3v) is 3.79. The number of nitrogens with two attached hydrogens (primary N) is 1. The fraction of sp³-hybridized carbons (Fsp3) is 0.714. The largest absolute Gasteiger partial charge is 0.477 e. The predicted molar refractivity (Wildman–Crippen MR) is 76.4 cm³/mol. The first-order valence-corrected chi connectivity index (χ1v) is 7.14. The minimum absolute atomic E-state index is 0.538. The van der Waals surface area contributed by atoms with E-state index >= 15 is 0 Å². The molecule has 2 rings (SSSR count). The molecule has 0 radical (unpaired) electrons. The van der Waals surface area contributed by atoms with E-state index in [-0.39, 0.29) is 0 Å². The molecule has 2 N–H and O–H groups in total.